The molecule has 0 saturated heterocycles. The normalized spacial score (nSPS) is 10.7. The fourth-order valence-corrected chi connectivity index (χ4v) is 2.89. The van der Waals surface area contributed by atoms with Crippen molar-refractivity contribution < 1.29 is 9.59 Å². The first kappa shape index (κ1) is 18.4. The highest BCUT2D eigenvalue weighted by molar-refractivity contribution is 7.09. The van der Waals surface area contributed by atoms with Gasteiger partial charge in [-0.25, -0.2) is 4.98 Å². The van der Waals surface area contributed by atoms with Gasteiger partial charge in [0.15, 0.2) is 0 Å². The van der Waals surface area contributed by atoms with Crippen LogP contribution in [0.4, 0.5) is 0 Å². The van der Waals surface area contributed by atoms with E-state index in [0.29, 0.717) is 35.2 Å². The number of halogens is 1. The average molecular weight is 366 g/mol. The highest BCUT2D eigenvalue weighted by Crippen LogP contribution is 2.12. The van der Waals surface area contributed by atoms with Crippen LogP contribution in [0.1, 0.15) is 34.9 Å². The molecule has 2 rings (SSSR count). The summed E-state index contributed by atoms with van der Waals surface area (Å²) < 4.78 is 0. The predicted molar refractivity (Wildman–Crippen MR) is 96.3 cm³/mol. The van der Waals surface area contributed by atoms with Crippen molar-refractivity contribution in [1.29, 1.82) is 0 Å². The minimum atomic E-state index is -0.213. The fraction of sp³-hybridized carbons (Fsp3) is 0.353. The summed E-state index contributed by atoms with van der Waals surface area (Å²) in [6.45, 7) is 4.51. The number of thiazole rings is 1. The minimum Gasteiger partial charge on any atom is -0.350 e. The molecule has 7 heteroatoms. The molecule has 2 aromatic rings. The highest BCUT2D eigenvalue weighted by atomic mass is 35.5. The molecule has 2 amide bonds. The largest absolute Gasteiger partial charge is 0.350 e. The summed E-state index contributed by atoms with van der Waals surface area (Å²) in [5.74, 6) is -0.313. The van der Waals surface area contributed by atoms with E-state index in [1.807, 2.05) is 38.1 Å². The smallest absolute Gasteiger partial charge is 0.270 e. The van der Waals surface area contributed by atoms with Crippen LogP contribution < -0.4 is 10.6 Å². The van der Waals surface area contributed by atoms with E-state index >= 15 is 0 Å². The summed E-state index contributed by atoms with van der Waals surface area (Å²) in [4.78, 5) is 27.9. The lowest BCUT2D eigenvalue weighted by molar-refractivity contribution is -0.124. The molecule has 0 aliphatic carbocycles. The van der Waals surface area contributed by atoms with Crippen LogP contribution in [0, 0.1) is 5.92 Å². The second-order valence-corrected chi connectivity index (χ2v) is 7.01. The van der Waals surface area contributed by atoms with Crippen molar-refractivity contribution in [2.75, 3.05) is 6.54 Å². The SMILES string of the molecule is CC(C)C(=O)NCc1nc(C(=O)NCCc2cccc(Cl)c2)cs1. The van der Waals surface area contributed by atoms with Gasteiger partial charge in [-0.1, -0.05) is 37.6 Å². The van der Waals surface area contributed by atoms with Crippen LogP contribution in [0.15, 0.2) is 29.6 Å². The maximum Gasteiger partial charge on any atom is 0.270 e. The van der Waals surface area contributed by atoms with Crippen molar-refractivity contribution in [3.63, 3.8) is 0 Å². The summed E-state index contributed by atoms with van der Waals surface area (Å²) in [5.41, 5.74) is 1.44. The summed E-state index contributed by atoms with van der Waals surface area (Å²) in [6, 6.07) is 7.55. The Morgan fingerprint density at radius 1 is 1.29 bits per heavy atom. The van der Waals surface area contributed by atoms with E-state index in [-0.39, 0.29) is 17.7 Å². The van der Waals surface area contributed by atoms with Crippen molar-refractivity contribution in [1.82, 2.24) is 15.6 Å². The maximum atomic E-state index is 12.1. The molecular formula is C17H20ClN3O2S. The van der Waals surface area contributed by atoms with Gasteiger partial charge in [0.25, 0.3) is 5.91 Å². The monoisotopic (exact) mass is 365 g/mol. The molecule has 0 aliphatic heterocycles. The van der Waals surface area contributed by atoms with Gasteiger partial charge in [-0.3, -0.25) is 9.59 Å². The molecule has 0 bridgehead atoms. The topological polar surface area (TPSA) is 71.1 Å². The number of nitrogens with one attached hydrogen (secondary N) is 2. The van der Waals surface area contributed by atoms with E-state index in [9.17, 15) is 9.59 Å². The van der Waals surface area contributed by atoms with Gasteiger partial charge < -0.3 is 10.6 Å². The molecule has 2 N–H and O–H groups in total. The van der Waals surface area contributed by atoms with E-state index in [1.165, 1.54) is 11.3 Å². The first-order valence-corrected chi connectivity index (χ1v) is 8.96. The average Bonchev–Trinajstić information content (AvgIpc) is 3.01. The zero-order valence-corrected chi connectivity index (χ0v) is 15.2. The van der Waals surface area contributed by atoms with Crippen LogP contribution in [0.3, 0.4) is 0 Å². The number of aromatic nitrogens is 1. The molecular weight excluding hydrogens is 346 g/mol. The molecule has 5 nitrogen and oxygen atoms in total. The Morgan fingerprint density at radius 2 is 2.08 bits per heavy atom. The summed E-state index contributed by atoms with van der Waals surface area (Å²) in [6.07, 6.45) is 0.702. The summed E-state index contributed by atoms with van der Waals surface area (Å²) >= 11 is 7.29. The van der Waals surface area contributed by atoms with Crippen LogP contribution in [0.2, 0.25) is 5.02 Å². The summed E-state index contributed by atoms with van der Waals surface area (Å²) in [7, 11) is 0. The zero-order chi connectivity index (χ0) is 17.5. The fourth-order valence-electron chi connectivity index (χ4n) is 1.97. The second kappa shape index (κ2) is 8.80. The quantitative estimate of drug-likeness (QED) is 0.792. The molecule has 0 fully saturated rings. The van der Waals surface area contributed by atoms with Crippen LogP contribution in [0.25, 0.3) is 0 Å². The highest BCUT2D eigenvalue weighted by Gasteiger charge is 2.12. The van der Waals surface area contributed by atoms with E-state index in [2.05, 4.69) is 15.6 Å². The van der Waals surface area contributed by atoms with Gasteiger partial charge in [-0.05, 0) is 24.1 Å². The number of hydrogen-bond acceptors (Lipinski definition) is 4. The number of carbonyl (C=O) groups excluding carboxylic acids is 2. The maximum absolute atomic E-state index is 12.1. The van der Waals surface area contributed by atoms with Gasteiger partial charge in [0.1, 0.15) is 10.7 Å². The molecule has 1 aromatic heterocycles. The zero-order valence-electron chi connectivity index (χ0n) is 13.6. The molecule has 128 valence electrons. The number of nitrogens with zero attached hydrogens (tertiary/aromatic N) is 1. The molecule has 1 aromatic carbocycles. The first-order valence-electron chi connectivity index (χ1n) is 7.70. The number of rotatable bonds is 7. The lowest BCUT2D eigenvalue weighted by atomic mass is 10.1. The number of carbonyl (C=O) groups is 2. The first-order chi connectivity index (χ1) is 11.5. The Bertz CT molecular complexity index is 715. The third-order valence-corrected chi connectivity index (χ3v) is 4.39. The molecule has 24 heavy (non-hydrogen) atoms. The molecule has 0 atom stereocenters. The Balaban J connectivity index is 1.79. The van der Waals surface area contributed by atoms with Crippen LogP contribution in [0.5, 0.6) is 0 Å². The van der Waals surface area contributed by atoms with Crippen molar-refractivity contribution in [3.8, 4) is 0 Å². The van der Waals surface area contributed by atoms with E-state index in [0.717, 1.165) is 5.56 Å². The Hall–Kier alpha value is -1.92. The predicted octanol–water partition coefficient (Wildman–Crippen LogP) is 3.04. The van der Waals surface area contributed by atoms with E-state index < -0.39 is 0 Å². The van der Waals surface area contributed by atoms with Crippen molar-refractivity contribution in [2.45, 2.75) is 26.8 Å². The Morgan fingerprint density at radius 3 is 2.79 bits per heavy atom. The minimum absolute atomic E-state index is 0.0299. The van der Waals surface area contributed by atoms with Crippen LogP contribution in [-0.2, 0) is 17.8 Å². The van der Waals surface area contributed by atoms with E-state index in [1.54, 1.807) is 5.38 Å². The number of benzene rings is 1. The van der Waals surface area contributed by atoms with E-state index in [4.69, 9.17) is 11.6 Å². The standard InChI is InChI=1S/C17H20ClN3O2S/c1-11(2)16(22)20-9-15-21-14(10-24-15)17(23)19-7-6-12-4-3-5-13(18)8-12/h3-5,8,10-11H,6-7,9H2,1-2H3,(H,19,23)(H,20,22). The molecule has 0 aliphatic rings. The van der Waals surface area contributed by atoms with Gasteiger partial charge in [0.2, 0.25) is 5.91 Å². The lowest BCUT2D eigenvalue weighted by Gasteiger charge is -2.05. The number of amides is 2. The third-order valence-electron chi connectivity index (χ3n) is 3.31. The van der Waals surface area contributed by atoms with Crippen molar-refractivity contribution >= 4 is 34.8 Å². The van der Waals surface area contributed by atoms with Crippen molar-refractivity contribution in [3.05, 3.63) is 50.9 Å². The van der Waals surface area contributed by atoms with Crippen LogP contribution in [-0.4, -0.2) is 23.3 Å². The summed E-state index contributed by atoms with van der Waals surface area (Å²) in [5, 5.41) is 8.72. The van der Waals surface area contributed by atoms with Crippen LogP contribution >= 0.6 is 22.9 Å². The second-order valence-electron chi connectivity index (χ2n) is 5.63. The Labute approximate surface area is 150 Å². The van der Waals surface area contributed by atoms with Crippen molar-refractivity contribution in [2.24, 2.45) is 5.92 Å². The molecule has 0 spiro atoms. The van der Waals surface area contributed by atoms with Gasteiger partial charge >= 0.3 is 0 Å². The van der Waals surface area contributed by atoms with Gasteiger partial charge in [0.05, 0.1) is 6.54 Å². The molecule has 0 unspecified atom stereocenters. The lowest BCUT2D eigenvalue weighted by Crippen LogP contribution is -2.27. The third kappa shape index (κ3) is 5.62. The molecule has 0 saturated carbocycles. The van der Waals surface area contributed by atoms with Gasteiger partial charge in [0, 0.05) is 22.9 Å². The van der Waals surface area contributed by atoms with Gasteiger partial charge in [-0.2, -0.15) is 0 Å². The number of hydrogen-bond donors (Lipinski definition) is 2. The molecule has 1 heterocycles. The van der Waals surface area contributed by atoms with Gasteiger partial charge in [-0.15, -0.1) is 11.3 Å². The molecule has 0 radical (unpaired) electrons. The Kier molecular flexibility index (Phi) is 6.75.